The molecule has 3 fully saturated rings. The number of amides is 1. The predicted octanol–water partition coefficient (Wildman–Crippen LogP) is 9.50. The van der Waals surface area contributed by atoms with E-state index in [-0.39, 0.29) is 43.8 Å². The molecule has 8 heteroatoms. The molecule has 3 saturated carbocycles. The minimum absolute atomic E-state index is 0.0335. The lowest BCUT2D eigenvalue weighted by Crippen LogP contribution is -2.65. The summed E-state index contributed by atoms with van der Waals surface area (Å²) in [7, 11) is -4.02. The number of aromatic nitrogens is 1. The van der Waals surface area contributed by atoms with Gasteiger partial charge in [-0.15, -0.1) is 0 Å². The molecule has 278 valence electrons. The number of hydrogen-bond acceptors (Lipinski definition) is 4. The second kappa shape index (κ2) is 11.1. The molecule has 52 heavy (non-hydrogen) atoms. The summed E-state index contributed by atoms with van der Waals surface area (Å²) >= 11 is 0. The Balaban J connectivity index is 1.21. The van der Waals surface area contributed by atoms with E-state index in [9.17, 15) is 23.1 Å². The number of fused-ring (bicyclic) bond motifs is 10. The number of carboxylic acid groups (broad SMARTS) is 1. The zero-order chi connectivity index (χ0) is 37.4. The zero-order valence-corrected chi connectivity index (χ0v) is 33.0. The fourth-order valence-corrected chi connectivity index (χ4v) is 14.3. The van der Waals surface area contributed by atoms with Crippen molar-refractivity contribution < 1.29 is 23.1 Å². The van der Waals surface area contributed by atoms with Crippen LogP contribution in [0.2, 0.25) is 0 Å². The van der Waals surface area contributed by atoms with Gasteiger partial charge in [-0.05, 0) is 134 Å². The van der Waals surface area contributed by atoms with Crippen LogP contribution in [0.5, 0.6) is 0 Å². The third-order valence-corrected chi connectivity index (χ3v) is 17.5. The van der Waals surface area contributed by atoms with Gasteiger partial charge in [-0.3, -0.25) is 4.79 Å². The van der Waals surface area contributed by atoms with Gasteiger partial charge >= 0.3 is 5.97 Å². The fourth-order valence-electron chi connectivity index (χ4n) is 13.2. The molecule has 0 radical (unpaired) electrons. The van der Waals surface area contributed by atoms with E-state index in [0.717, 1.165) is 61.4 Å². The minimum Gasteiger partial charge on any atom is -0.478 e. The van der Waals surface area contributed by atoms with Crippen molar-refractivity contribution in [1.29, 1.82) is 0 Å². The van der Waals surface area contributed by atoms with Crippen molar-refractivity contribution in [2.75, 3.05) is 0 Å². The van der Waals surface area contributed by atoms with E-state index in [1.54, 1.807) is 30.3 Å². The number of nitrogens with one attached hydrogen (secondary N) is 2. The molecule has 0 spiro atoms. The smallest absolute Gasteiger partial charge is 0.336 e. The molecule has 0 bridgehead atoms. The zero-order valence-electron chi connectivity index (χ0n) is 32.2. The van der Waals surface area contributed by atoms with Crippen LogP contribution in [0.3, 0.4) is 0 Å². The lowest BCUT2D eigenvalue weighted by Gasteiger charge is -2.70. The molecule has 0 saturated heterocycles. The lowest BCUT2D eigenvalue weighted by molar-refractivity contribution is -0.166. The maximum atomic E-state index is 14.6. The summed E-state index contributed by atoms with van der Waals surface area (Å²) in [6, 6.07) is 12.3. The van der Waals surface area contributed by atoms with E-state index in [1.165, 1.54) is 16.8 Å². The summed E-state index contributed by atoms with van der Waals surface area (Å²) in [6.07, 6.45) is 10.3. The maximum absolute atomic E-state index is 14.6. The van der Waals surface area contributed by atoms with Crippen molar-refractivity contribution in [3.8, 4) is 0 Å². The Kier molecular flexibility index (Phi) is 7.59. The fraction of sp³-hybridized carbons (Fsp3) is 0.591. The van der Waals surface area contributed by atoms with E-state index in [1.807, 2.05) is 19.1 Å². The van der Waals surface area contributed by atoms with Gasteiger partial charge in [0.05, 0.1) is 15.9 Å². The molecule has 8 rings (SSSR count). The number of carboxylic acids is 1. The molecular weight excluding hydrogens is 669 g/mol. The molecule has 0 aliphatic heterocycles. The van der Waals surface area contributed by atoms with Crippen LogP contribution in [0.4, 0.5) is 0 Å². The summed E-state index contributed by atoms with van der Waals surface area (Å²) < 4.78 is 29.9. The normalized spacial score (nSPS) is 35.9. The first-order valence-electron chi connectivity index (χ1n) is 19.4. The molecule has 1 aromatic heterocycles. The Hall–Kier alpha value is -3.39. The average molecular weight is 725 g/mol. The molecule has 3 N–H and O–H groups in total. The van der Waals surface area contributed by atoms with Crippen LogP contribution in [-0.2, 0) is 26.7 Å². The highest BCUT2D eigenvalue weighted by atomic mass is 32.2. The number of sulfonamides is 1. The molecule has 7 atom stereocenters. The number of rotatable bonds is 4. The molecule has 2 aromatic carbocycles. The van der Waals surface area contributed by atoms with Crippen molar-refractivity contribution in [2.45, 2.75) is 123 Å². The number of H-pyrrole nitrogens is 1. The Morgan fingerprint density at radius 1 is 0.885 bits per heavy atom. The van der Waals surface area contributed by atoms with E-state index >= 15 is 0 Å². The standard InChI is InChI=1S/C44H56N2O5S/c1-26-12-14-27(15-13-26)52(50,51)46-38(49)44-22-20-39(2,3)25-31(44)30-16-17-34-41(6)24-29-35-28(37(47)48)10-9-11-32(35)45-36(29)40(4,5)33(41)18-19-43(34,8)42(30,7)21-23-44/h9-16,31,33-34,45H,17-25H2,1-8H3,(H,46,49)(H,47,48)/t31-,33-,34+,41-,42+,43+,44-/m0/s1. The Labute approximate surface area is 309 Å². The topological polar surface area (TPSA) is 116 Å². The molecule has 0 unspecified atom stereocenters. The van der Waals surface area contributed by atoms with Gasteiger partial charge in [-0.25, -0.2) is 17.9 Å². The van der Waals surface area contributed by atoms with Gasteiger partial charge in [0, 0.05) is 22.0 Å². The maximum Gasteiger partial charge on any atom is 0.336 e. The molecular formula is C44H56N2O5S. The lowest BCUT2D eigenvalue weighted by atomic mass is 9.33. The van der Waals surface area contributed by atoms with Crippen LogP contribution in [0, 0.1) is 51.8 Å². The van der Waals surface area contributed by atoms with Crippen LogP contribution >= 0.6 is 0 Å². The molecule has 7 nitrogen and oxygen atoms in total. The second-order valence-electron chi connectivity index (χ2n) is 19.5. The van der Waals surface area contributed by atoms with Crippen LogP contribution < -0.4 is 4.72 Å². The van der Waals surface area contributed by atoms with Gasteiger partial charge in [-0.1, -0.05) is 83.9 Å². The summed E-state index contributed by atoms with van der Waals surface area (Å²) in [5.41, 5.74) is 4.81. The third kappa shape index (κ3) is 4.70. The van der Waals surface area contributed by atoms with Gasteiger partial charge in [0.25, 0.3) is 10.0 Å². The number of allylic oxidation sites excluding steroid dienone is 2. The quantitative estimate of drug-likeness (QED) is 0.232. The largest absolute Gasteiger partial charge is 0.478 e. The Morgan fingerprint density at radius 2 is 1.58 bits per heavy atom. The summed E-state index contributed by atoms with van der Waals surface area (Å²) in [6.45, 7) is 18.7. The Bertz CT molecular complexity index is 2160. The first-order valence-corrected chi connectivity index (χ1v) is 20.9. The number of benzene rings is 2. The van der Waals surface area contributed by atoms with Crippen LogP contribution in [-0.4, -0.2) is 30.4 Å². The SMILES string of the molecule is Cc1ccc(S(=O)(=O)NC(=O)[C@]23CCC(C)(C)C[C@H]2C2=CC[C@@H]4[C@@]5(C)Cc6c([nH]c7cccc(C(=O)O)c67)C(C)(C)[C@@H]5CC[C@@]4(C)[C@]2(C)CC3)cc1. The number of aromatic carboxylic acids is 1. The molecule has 1 heterocycles. The number of carbonyl (C=O) groups is 2. The average Bonchev–Trinajstić information content (AvgIpc) is 3.44. The molecule has 5 aliphatic rings. The van der Waals surface area contributed by atoms with E-state index in [4.69, 9.17) is 0 Å². The number of hydrogen-bond donors (Lipinski definition) is 3. The minimum atomic E-state index is -4.02. The number of aromatic amines is 1. The van der Waals surface area contributed by atoms with Gasteiger partial charge in [0.1, 0.15) is 0 Å². The van der Waals surface area contributed by atoms with Crippen molar-refractivity contribution in [1.82, 2.24) is 9.71 Å². The van der Waals surface area contributed by atoms with Gasteiger partial charge in [-0.2, -0.15) is 0 Å². The number of aryl methyl sites for hydroxylation is 1. The van der Waals surface area contributed by atoms with Crippen molar-refractivity contribution in [3.63, 3.8) is 0 Å². The molecule has 5 aliphatic carbocycles. The molecule has 3 aromatic rings. The van der Waals surface area contributed by atoms with Crippen LogP contribution in [0.1, 0.15) is 127 Å². The highest BCUT2D eigenvalue weighted by Crippen LogP contribution is 2.75. The van der Waals surface area contributed by atoms with Crippen molar-refractivity contribution >= 4 is 32.8 Å². The van der Waals surface area contributed by atoms with E-state index in [0.29, 0.717) is 30.2 Å². The number of carbonyl (C=O) groups excluding carboxylic acids is 1. The van der Waals surface area contributed by atoms with Crippen LogP contribution in [0.15, 0.2) is 59.0 Å². The van der Waals surface area contributed by atoms with E-state index < -0.39 is 21.4 Å². The highest BCUT2D eigenvalue weighted by molar-refractivity contribution is 7.90. The Morgan fingerprint density at radius 3 is 2.27 bits per heavy atom. The van der Waals surface area contributed by atoms with Crippen molar-refractivity contribution in [3.05, 3.63) is 76.5 Å². The monoisotopic (exact) mass is 724 g/mol. The summed E-state index contributed by atoms with van der Waals surface area (Å²) in [5, 5.41) is 11.1. The summed E-state index contributed by atoms with van der Waals surface area (Å²) in [4.78, 5) is 30.9. The van der Waals surface area contributed by atoms with E-state index in [2.05, 4.69) is 64.2 Å². The van der Waals surface area contributed by atoms with Gasteiger partial charge in [0.2, 0.25) is 5.91 Å². The molecule has 1 amide bonds. The second-order valence-corrected chi connectivity index (χ2v) is 21.2. The first-order chi connectivity index (χ1) is 24.2. The van der Waals surface area contributed by atoms with Crippen LogP contribution in [0.25, 0.3) is 10.9 Å². The van der Waals surface area contributed by atoms with Gasteiger partial charge in [0.15, 0.2) is 0 Å². The predicted molar refractivity (Wildman–Crippen MR) is 205 cm³/mol. The highest BCUT2D eigenvalue weighted by Gasteiger charge is 2.69. The third-order valence-electron chi connectivity index (χ3n) is 16.1. The van der Waals surface area contributed by atoms with Gasteiger partial charge < -0.3 is 10.1 Å². The summed E-state index contributed by atoms with van der Waals surface area (Å²) in [5.74, 6) is -0.482. The van der Waals surface area contributed by atoms with Crippen molar-refractivity contribution in [2.24, 2.45) is 44.8 Å². The first kappa shape index (κ1) is 35.6.